The molecule has 0 saturated carbocycles. The predicted octanol–water partition coefficient (Wildman–Crippen LogP) is 6.60. The molecule has 4 aromatic carbocycles. The van der Waals surface area contributed by atoms with Gasteiger partial charge in [0.15, 0.2) is 11.5 Å². The number of hydrogen-bond donors (Lipinski definition) is 0. The third-order valence-electron chi connectivity index (χ3n) is 6.79. The van der Waals surface area contributed by atoms with E-state index in [-0.39, 0.29) is 11.9 Å². The molecule has 6 rings (SSSR count). The van der Waals surface area contributed by atoms with Crippen molar-refractivity contribution in [2.45, 2.75) is 12.5 Å². The molecule has 0 saturated heterocycles. The van der Waals surface area contributed by atoms with Crippen molar-refractivity contribution in [1.82, 2.24) is 0 Å². The number of carbonyl (C=O) groups excluding carboxylic acids is 1. The largest absolute Gasteiger partial charge is 0.493 e. The number of aliphatic imine (C=N–C) groups is 1. The topological polar surface area (TPSA) is 51.1 Å². The van der Waals surface area contributed by atoms with Crippen LogP contribution in [0.15, 0.2) is 96.0 Å². The lowest BCUT2D eigenvalue weighted by atomic mass is 9.95. The summed E-state index contributed by atoms with van der Waals surface area (Å²) < 4.78 is 11.1. The van der Waals surface area contributed by atoms with E-state index < -0.39 is 0 Å². The molecule has 35 heavy (non-hydrogen) atoms. The Morgan fingerprint density at radius 1 is 0.771 bits per heavy atom. The first-order valence-corrected chi connectivity index (χ1v) is 11.6. The third-order valence-corrected chi connectivity index (χ3v) is 6.79. The SMILES string of the molecule is COc1ccc2c(c1OC)C(=O)N1c3ccccc3N=C(c3ccc(-c4ccccc4)cc3)C[C@@H]21. The zero-order chi connectivity index (χ0) is 23.9. The van der Waals surface area contributed by atoms with Crippen LogP contribution in [0.5, 0.6) is 11.5 Å². The highest BCUT2D eigenvalue weighted by Gasteiger charge is 2.43. The lowest BCUT2D eigenvalue weighted by Crippen LogP contribution is -2.28. The first kappa shape index (κ1) is 21.2. The molecule has 2 aliphatic rings. The van der Waals surface area contributed by atoms with Crippen LogP contribution in [-0.2, 0) is 0 Å². The fraction of sp³-hybridized carbons (Fsp3) is 0.133. The molecule has 1 atom stereocenters. The summed E-state index contributed by atoms with van der Waals surface area (Å²) in [4.78, 5) is 20.7. The van der Waals surface area contributed by atoms with E-state index in [1.807, 2.05) is 59.5 Å². The number of hydrogen-bond acceptors (Lipinski definition) is 4. The molecule has 5 nitrogen and oxygen atoms in total. The lowest BCUT2D eigenvalue weighted by molar-refractivity contribution is 0.0989. The van der Waals surface area contributed by atoms with Gasteiger partial charge in [-0.15, -0.1) is 0 Å². The van der Waals surface area contributed by atoms with E-state index in [9.17, 15) is 4.79 Å². The summed E-state index contributed by atoms with van der Waals surface area (Å²) in [5.74, 6) is 0.936. The van der Waals surface area contributed by atoms with Crippen LogP contribution in [-0.4, -0.2) is 25.8 Å². The molecule has 2 aliphatic heterocycles. The molecule has 5 heteroatoms. The Morgan fingerprint density at radius 3 is 2.20 bits per heavy atom. The quantitative estimate of drug-likeness (QED) is 0.345. The Bertz CT molecular complexity index is 1460. The zero-order valence-corrected chi connectivity index (χ0v) is 19.6. The van der Waals surface area contributed by atoms with E-state index in [1.165, 1.54) is 5.56 Å². The number of methoxy groups -OCH3 is 2. The van der Waals surface area contributed by atoms with Gasteiger partial charge in [-0.1, -0.05) is 72.8 Å². The minimum Gasteiger partial charge on any atom is -0.493 e. The van der Waals surface area contributed by atoms with E-state index in [2.05, 4.69) is 36.4 Å². The number of fused-ring (bicyclic) bond motifs is 5. The highest BCUT2D eigenvalue weighted by Crippen LogP contribution is 2.50. The molecule has 0 aliphatic carbocycles. The number of para-hydroxylation sites is 2. The number of benzene rings is 4. The standard InChI is InChI=1S/C30H24N2O3/c1-34-27-17-16-22-26-18-24(21-14-12-20(13-15-21)19-8-4-3-5-9-19)31-23-10-6-7-11-25(23)32(26)30(33)28(22)29(27)35-2/h3-17,26H,18H2,1-2H3/t26-/m0/s1. The second-order valence-electron chi connectivity index (χ2n) is 8.65. The Balaban J connectivity index is 1.47. The van der Waals surface area contributed by atoms with E-state index in [4.69, 9.17) is 14.5 Å². The van der Waals surface area contributed by atoms with Crippen LogP contribution < -0.4 is 14.4 Å². The minimum absolute atomic E-state index is 0.0934. The van der Waals surface area contributed by atoms with Crippen LogP contribution in [0, 0.1) is 0 Å². The van der Waals surface area contributed by atoms with Gasteiger partial charge in [0.1, 0.15) is 0 Å². The van der Waals surface area contributed by atoms with Crippen LogP contribution in [0.2, 0.25) is 0 Å². The molecule has 1 amide bonds. The second kappa shape index (κ2) is 8.44. The number of nitrogens with zero attached hydrogens (tertiary/aromatic N) is 2. The van der Waals surface area contributed by atoms with E-state index in [1.54, 1.807) is 14.2 Å². The highest BCUT2D eigenvalue weighted by molar-refractivity contribution is 6.17. The van der Waals surface area contributed by atoms with Gasteiger partial charge < -0.3 is 9.47 Å². The second-order valence-corrected chi connectivity index (χ2v) is 8.65. The van der Waals surface area contributed by atoms with Gasteiger partial charge in [0.2, 0.25) is 0 Å². The number of anilines is 1. The van der Waals surface area contributed by atoms with Gasteiger partial charge in [0, 0.05) is 6.42 Å². The van der Waals surface area contributed by atoms with Gasteiger partial charge in [-0.3, -0.25) is 14.7 Å². The molecule has 2 heterocycles. The monoisotopic (exact) mass is 460 g/mol. The summed E-state index contributed by atoms with van der Waals surface area (Å²) in [6.07, 6.45) is 0.591. The summed E-state index contributed by atoms with van der Waals surface area (Å²) in [6, 6.07) is 30.3. The van der Waals surface area contributed by atoms with Crippen LogP contribution in [0.4, 0.5) is 11.4 Å². The Morgan fingerprint density at radius 2 is 1.46 bits per heavy atom. The number of amides is 1. The summed E-state index contributed by atoms with van der Waals surface area (Å²) in [6.45, 7) is 0. The van der Waals surface area contributed by atoms with Crippen molar-refractivity contribution in [3.05, 3.63) is 108 Å². The molecule has 0 bridgehead atoms. The van der Waals surface area contributed by atoms with Crippen molar-refractivity contribution in [1.29, 1.82) is 0 Å². The smallest absolute Gasteiger partial charge is 0.263 e. The Hall–Kier alpha value is -4.38. The first-order valence-electron chi connectivity index (χ1n) is 11.6. The van der Waals surface area contributed by atoms with Gasteiger partial charge in [0.05, 0.1) is 42.9 Å². The van der Waals surface area contributed by atoms with Gasteiger partial charge in [-0.05, 0) is 40.5 Å². The zero-order valence-electron chi connectivity index (χ0n) is 19.6. The van der Waals surface area contributed by atoms with Gasteiger partial charge in [0.25, 0.3) is 5.91 Å². The van der Waals surface area contributed by atoms with Crippen LogP contribution in [0.25, 0.3) is 11.1 Å². The maximum atomic E-state index is 13.8. The van der Waals surface area contributed by atoms with Crippen molar-refractivity contribution >= 4 is 23.0 Å². The minimum atomic E-state index is -0.187. The fourth-order valence-corrected chi connectivity index (χ4v) is 5.12. The molecule has 0 spiro atoms. The molecule has 0 aromatic heterocycles. The molecule has 0 fully saturated rings. The van der Waals surface area contributed by atoms with Crippen molar-refractivity contribution in [3.8, 4) is 22.6 Å². The fourth-order valence-electron chi connectivity index (χ4n) is 5.12. The molecular formula is C30H24N2O3. The molecular weight excluding hydrogens is 436 g/mol. The highest BCUT2D eigenvalue weighted by atomic mass is 16.5. The van der Waals surface area contributed by atoms with E-state index >= 15 is 0 Å². The number of rotatable bonds is 4. The Kier molecular flexibility index (Phi) is 5.10. The van der Waals surface area contributed by atoms with Crippen LogP contribution in [0.3, 0.4) is 0 Å². The third kappa shape index (κ3) is 3.39. The number of ether oxygens (including phenoxy) is 2. The normalized spacial score (nSPS) is 16.1. The maximum Gasteiger partial charge on any atom is 0.263 e. The Labute approximate surface area is 204 Å². The summed E-state index contributed by atoms with van der Waals surface area (Å²) in [5.41, 5.74) is 7.39. The summed E-state index contributed by atoms with van der Waals surface area (Å²) in [5, 5.41) is 0. The maximum absolute atomic E-state index is 13.8. The lowest BCUT2D eigenvalue weighted by Gasteiger charge is -2.24. The first-order chi connectivity index (χ1) is 17.2. The molecule has 172 valence electrons. The van der Waals surface area contributed by atoms with E-state index in [0.29, 0.717) is 23.5 Å². The molecule has 0 radical (unpaired) electrons. The predicted molar refractivity (Wildman–Crippen MR) is 138 cm³/mol. The van der Waals surface area contributed by atoms with Crippen molar-refractivity contribution in [2.75, 3.05) is 19.1 Å². The summed E-state index contributed by atoms with van der Waals surface area (Å²) >= 11 is 0. The van der Waals surface area contributed by atoms with Crippen LogP contribution >= 0.6 is 0 Å². The average Bonchev–Trinajstić information content (AvgIpc) is 3.08. The van der Waals surface area contributed by atoms with Gasteiger partial charge in [-0.25, -0.2) is 0 Å². The van der Waals surface area contributed by atoms with Crippen LogP contribution in [0.1, 0.15) is 33.9 Å². The molecule has 0 unspecified atom stereocenters. The van der Waals surface area contributed by atoms with Crippen molar-refractivity contribution in [3.63, 3.8) is 0 Å². The van der Waals surface area contributed by atoms with Crippen molar-refractivity contribution < 1.29 is 14.3 Å². The van der Waals surface area contributed by atoms with E-state index in [0.717, 1.165) is 33.8 Å². The van der Waals surface area contributed by atoms with Crippen molar-refractivity contribution in [2.24, 2.45) is 4.99 Å². The summed E-state index contributed by atoms with van der Waals surface area (Å²) in [7, 11) is 3.16. The van der Waals surface area contributed by atoms with Gasteiger partial charge >= 0.3 is 0 Å². The average molecular weight is 461 g/mol. The molecule has 0 N–H and O–H groups in total. The van der Waals surface area contributed by atoms with Gasteiger partial charge in [-0.2, -0.15) is 0 Å². The number of carbonyl (C=O) groups is 1. The molecule has 4 aromatic rings.